The third kappa shape index (κ3) is 77.9. The molecule has 0 saturated carbocycles. The van der Waals surface area contributed by atoms with Gasteiger partial charge in [0.1, 0.15) is 19.3 Å². The third-order valence-electron chi connectivity index (χ3n) is 17.7. The molecule has 612 valence electrons. The number of phosphoric acid groups is 2. The minimum absolute atomic E-state index is 0.0759. The van der Waals surface area contributed by atoms with Crippen molar-refractivity contribution in [2.75, 3.05) is 39.6 Å². The maximum Gasteiger partial charge on any atom is 0.472 e. The fraction of sp³-hybridized carbons (Fsp3) is 0.747. The van der Waals surface area contributed by atoms with Crippen molar-refractivity contribution in [1.29, 1.82) is 0 Å². The number of phosphoric ester groups is 2. The average Bonchev–Trinajstić information content (AvgIpc) is 0.903. The molecule has 0 saturated heterocycles. The van der Waals surface area contributed by atoms with Crippen molar-refractivity contribution in [3.05, 3.63) is 109 Å². The standard InChI is InChI=1S/C87H152O17P2/c1-5-9-13-17-21-25-29-33-36-38-40-42-45-49-52-56-60-64-68-72-85(90)98-78-83(104-87(92)74-70-66-62-58-54-50-46-43-41-39-37-34-30-26-22-18-14-10-6-2)80-102-106(95,96)100-76-81(88)75-99-105(93,94)101-79-82(103-86(91)73-69-65-61-57-53-47-32-28-24-20-16-12-8-4)77-97-84(89)71-67-63-59-55-51-48-44-35-31-27-23-19-15-11-7-3/h9,13,16,20-22,25-26,28,32-34,36-37,40-43,81-83,88H,5-8,10-12,14-15,17-19,23-24,27,29-31,35,38-39,44-80H2,1-4H3,(H,93,94)(H,95,96)/b13-9-,20-16-,25-21-,26-22-,32-28-,36-33-,37-34-,42-40-,43-41-. The highest BCUT2D eigenvalue weighted by molar-refractivity contribution is 7.47. The molecule has 0 aromatic carbocycles. The second kappa shape index (κ2) is 78.8. The fourth-order valence-corrected chi connectivity index (χ4v) is 12.9. The van der Waals surface area contributed by atoms with Gasteiger partial charge in [-0.2, -0.15) is 0 Å². The Bertz CT molecular complexity index is 2430. The number of carbonyl (C=O) groups excluding carboxylic acids is 4. The van der Waals surface area contributed by atoms with Crippen LogP contribution < -0.4 is 0 Å². The minimum Gasteiger partial charge on any atom is -0.462 e. The number of rotatable bonds is 79. The molecule has 0 spiro atoms. The SMILES string of the molecule is CC/C=C\C/C=C\C/C=C\C/C=C\CCCCCCCCC(=O)OCC(COP(=O)(O)OCC(O)COP(=O)(O)OCC(COC(=O)CCCCCCCCCCCCCCCCC)OC(=O)CCCCCCC/C=C\C/C=C\CCC)OC(=O)CCCCCCCC/C=C\C/C=C\C/C=C\CCCCC. The zero-order valence-electron chi connectivity index (χ0n) is 67.1. The van der Waals surface area contributed by atoms with Gasteiger partial charge in [0, 0.05) is 25.7 Å². The van der Waals surface area contributed by atoms with Gasteiger partial charge in [-0.15, -0.1) is 0 Å². The van der Waals surface area contributed by atoms with E-state index in [2.05, 4.69) is 137 Å². The zero-order chi connectivity index (χ0) is 77.4. The van der Waals surface area contributed by atoms with E-state index in [1.165, 1.54) is 89.9 Å². The van der Waals surface area contributed by atoms with Crippen LogP contribution in [0, 0.1) is 0 Å². The number of hydrogen-bond donors (Lipinski definition) is 3. The minimum atomic E-state index is -4.99. The first-order valence-electron chi connectivity index (χ1n) is 42.1. The second-order valence-corrected chi connectivity index (χ2v) is 30.9. The van der Waals surface area contributed by atoms with Crippen LogP contribution in [0.15, 0.2) is 109 Å². The lowest BCUT2D eigenvalue weighted by Gasteiger charge is -2.21. The lowest BCUT2D eigenvalue weighted by molar-refractivity contribution is -0.161. The number of hydrogen-bond acceptors (Lipinski definition) is 15. The van der Waals surface area contributed by atoms with E-state index >= 15 is 0 Å². The Hall–Kier alpha value is -4.28. The van der Waals surface area contributed by atoms with Crippen molar-refractivity contribution >= 4 is 39.5 Å². The summed E-state index contributed by atoms with van der Waals surface area (Å²) in [5.41, 5.74) is 0. The van der Waals surface area contributed by atoms with Crippen LogP contribution in [0.5, 0.6) is 0 Å². The first kappa shape index (κ1) is 102. The third-order valence-corrected chi connectivity index (χ3v) is 19.6. The molecule has 0 heterocycles. The largest absolute Gasteiger partial charge is 0.472 e. The van der Waals surface area contributed by atoms with Crippen LogP contribution in [-0.4, -0.2) is 96.7 Å². The molecule has 0 aliphatic heterocycles. The number of aliphatic hydroxyl groups is 1. The van der Waals surface area contributed by atoms with Gasteiger partial charge in [0.2, 0.25) is 0 Å². The van der Waals surface area contributed by atoms with Gasteiger partial charge >= 0.3 is 39.5 Å². The molecule has 19 heteroatoms. The maximum absolute atomic E-state index is 13.1. The van der Waals surface area contributed by atoms with Gasteiger partial charge in [0.15, 0.2) is 12.2 Å². The first-order chi connectivity index (χ1) is 51.7. The molecule has 5 unspecified atom stereocenters. The van der Waals surface area contributed by atoms with E-state index in [0.29, 0.717) is 25.7 Å². The molecule has 0 radical (unpaired) electrons. The monoisotopic (exact) mass is 1530 g/mol. The van der Waals surface area contributed by atoms with E-state index in [1.807, 2.05) is 0 Å². The fourth-order valence-electron chi connectivity index (χ4n) is 11.3. The van der Waals surface area contributed by atoms with E-state index in [0.717, 1.165) is 193 Å². The lowest BCUT2D eigenvalue weighted by Crippen LogP contribution is -2.30. The summed E-state index contributed by atoms with van der Waals surface area (Å²) in [6, 6.07) is 0. The Morgan fingerprint density at radius 3 is 0.811 bits per heavy atom. The summed E-state index contributed by atoms with van der Waals surface area (Å²) < 4.78 is 68.7. The van der Waals surface area contributed by atoms with E-state index in [-0.39, 0.29) is 25.7 Å². The smallest absolute Gasteiger partial charge is 0.462 e. The van der Waals surface area contributed by atoms with E-state index < -0.39 is 97.5 Å². The van der Waals surface area contributed by atoms with Gasteiger partial charge in [0.25, 0.3) is 0 Å². The molecule has 0 aromatic heterocycles. The summed E-state index contributed by atoms with van der Waals surface area (Å²) in [6.07, 6.45) is 86.2. The summed E-state index contributed by atoms with van der Waals surface area (Å²) in [6.45, 7) is 4.68. The van der Waals surface area contributed by atoms with Crippen LogP contribution in [-0.2, 0) is 65.4 Å². The molecule has 0 amide bonds. The van der Waals surface area contributed by atoms with Crippen molar-refractivity contribution in [2.45, 2.75) is 380 Å². The van der Waals surface area contributed by atoms with Crippen LogP contribution in [0.1, 0.15) is 362 Å². The number of allylic oxidation sites excluding steroid dienone is 18. The van der Waals surface area contributed by atoms with Crippen molar-refractivity contribution < 1.29 is 80.2 Å². The number of aliphatic hydroxyl groups excluding tert-OH is 1. The van der Waals surface area contributed by atoms with Crippen LogP contribution in [0.4, 0.5) is 0 Å². The molecule has 17 nitrogen and oxygen atoms in total. The predicted molar refractivity (Wildman–Crippen MR) is 436 cm³/mol. The highest BCUT2D eigenvalue weighted by Crippen LogP contribution is 2.45. The Kier molecular flexibility index (Phi) is 75.6. The summed E-state index contributed by atoms with van der Waals surface area (Å²) >= 11 is 0. The number of esters is 4. The highest BCUT2D eigenvalue weighted by atomic mass is 31.2. The first-order valence-corrected chi connectivity index (χ1v) is 45.1. The number of ether oxygens (including phenoxy) is 4. The quantitative estimate of drug-likeness (QED) is 0.0169. The maximum atomic E-state index is 13.1. The Balaban J connectivity index is 5.37. The predicted octanol–water partition coefficient (Wildman–Crippen LogP) is 24.9. The van der Waals surface area contributed by atoms with Gasteiger partial charge in [-0.3, -0.25) is 37.3 Å². The molecular weight excluding hydrogens is 1380 g/mol. The summed E-state index contributed by atoms with van der Waals surface area (Å²) in [5.74, 6) is -2.20. The number of carbonyl (C=O) groups is 4. The van der Waals surface area contributed by atoms with E-state index in [1.54, 1.807) is 0 Å². The Morgan fingerprint density at radius 2 is 0.509 bits per heavy atom. The van der Waals surface area contributed by atoms with Crippen LogP contribution in [0.3, 0.4) is 0 Å². The second-order valence-electron chi connectivity index (χ2n) is 28.0. The Labute approximate surface area is 645 Å². The molecule has 0 fully saturated rings. The van der Waals surface area contributed by atoms with Gasteiger partial charge in [-0.25, -0.2) is 9.13 Å². The molecule has 3 N–H and O–H groups in total. The van der Waals surface area contributed by atoms with E-state index in [4.69, 9.17) is 37.0 Å². The van der Waals surface area contributed by atoms with Crippen molar-refractivity contribution in [3.8, 4) is 0 Å². The van der Waals surface area contributed by atoms with Crippen LogP contribution >= 0.6 is 15.6 Å². The summed E-state index contributed by atoms with van der Waals surface area (Å²) in [7, 11) is -9.97. The van der Waals surface area contributed by atoms with Crippen molar-refractivity contribution in [1.82, 2.24) is 0 Å². The van der Waals surface area contributed by atoms with Gasteiger partial charge < -0.3 is 33.8 Å². The summed E-state index contributed by atoms with van der Waals surface area (Å²) in [4.78, 5) is 73.2. The normalized spacial score (nSPS) is 14.4. The van der Waals surface area contributed by atoms with Gasteiger partial charge in [0.05, 0.1) is 26.4 Å². The Morgan fingerprint density at radius 1 is 0.274 bits per heavy atom. The molecule has 0 rings (SSSR count). The molecule has 0 bridgehead atoms. The van der Waals surface area contributed by atoms with Crippen LogP contribution in [0.2, 0.25) is 0 Å². The van der Waals surface area contributed by atoms with Crippen LogP contribution in [0.25, 0.3) is 0 Å². The highest BCUT2D eigenvalue weighted by Gasteiger charge is 2.30. The van der Waals surface area contributed by atoms with Gasteiger partial charge in [-0.05, 0) is 128 Å². The molecule has 0 aromatic rings. The molecular formula is C87H152O17P2. The molecule has 0 aliphatic rings. The van der Waals surface area contributed by atoms with Gasteiger partial charge in [-0.1, -0.05) is 317 Å². The molecule has 0 aliphatic carbocycles. The lowest BCUT2D eigenvalue weighted by atomic mass is 10.0. The van der Waals surface area contributed by atoms with E-state index in [9.17, 15) is 43.2 Å². The molecule has 5 atom stereocenters. The zero-order valence-corrected chi connectivity index (χ0v) is 68.9. The average molecular weight is 1530 g/mol. The topological polar surface area (TPSA) is 237 Å². The summed E-state index contributed by atoms with van der Waals surface area (Å²) in [5, 5.41) is 10.7. The molecule has 106 heavy (non-hydrogen) atoms. The van der Waals surface area contributed by atoms with Crippen molar-refractivity contribution in [2.24, 2.45) is 0 Å². The van der Waals surface area contributed by atoms with Crippen molar-refractivity contribution in [3.63, 3.8) is 0 Å². The number of unbranched alkanes of at least 4 members (excludes halogenated alkanes) is 35.